The molecule has 0 radical (unpaired) electrons. The average Bonchev–Trinajstić information content (AvgIpc) is 3.46. The van der Waals surface area contributed by atoms with Crippen LogP contribution in [0.2, 0.25) is 0 Å². The van der Waals surface area contributed by atoms with E-state index >= 15 is 0 Å². The topological polar surface area (TPSA) is 114 Å². The Kier molecular flexibility index (Phi) is 3.94. The lowest BCUT2D eigenvalue weighted by atomic mass is 10.0. The van der Waals surface area contributed by atoms with E-state index in [-0.39, 0.29) is 12.7 Å². The van der Waals surface area contributed by atoms with Crippen LogP contribution in [0, 0.1) is 0 Å². The monoisotopic (exact) mass is 390 g/mol. The van der Waals surface area contributed by atoms with E-state index in [9.17, 15) is 0 Å². The van der Waals surface area contributed by atoms with Crippen molar-refractivity contribution in [2.24, 2.45) is 0 Å². The molecule has 3 heterocycles. The summed E-state index contributed by atoms with van der Waals surface area (Å²) in [6.07, 6.45) is 0. The SMILES string of the molecule is CC(C)c1ccc(-n2nnc(-c3nc(-c4ccc5c(c4)OCO5)no3)c2N)cc1. The van der Waals surface area contributed by atoms with Gasteiger partial charge in [0.05, 0.1) is 5.69 Å². The molecule has 2 aromatic carbocycles. The lowest BCUT2D eigenvalue weighted by molar-refractivity contribution is 0.174. The number of nitrogens with two attached hydrogens (primary N) is 1. The molecule has 0 unspecified atom stereocenters. The van der Waals surface area contributed by atoms with E-state index in [1.54, 1.807) is 16.8 Å². The van der Waals surface area contributed by atoms with Gasteiger partial charge in [0.15, 0.2) is 23.0 Å². The van der Waals surface area contributed by atoms with Crippen LogP contribution in [0.3, 0.4) is 0 Å². The summed E-state index contributed by atoms with van der Waals surface area (Å²) in [7, 11) is 0. The number of benzene rings is 2. The largest absolute Gasteiger partial charge is 0.454 e. The second-order valence-corrected chi connectivity index (χ2v) is 6.97. The summed E-state index contributed by atoms with van der Waals surface area (Å²) < 4.78 is 17.6. The molecular weight excluding hydrogens is 372 g/mol. The zero-order valence-corrected chi connectivity index (χ0v) is 15.9. The maximum atomic E-state index is 6.26. The van der Waals surface area contributed by atoms with Gasteiger partial charge in [0.2, 0.25) is 12.6 Å². The second kappa shape index (κ2) is 6.62. The van der Waals surface area contributed by atoms with E-state index in [1.807, 2.05) is 30.3 Å². The molecule has 0 aliphatic carbocycles. The Labute approximate surface area is 166 Å². The number of anilines is 1. The van der Waals surface area contributed by atoms with Gasteiger partial charge >= 0.3 is 0 Å². The number of ether oxygens (including phenoxy) is 2. The maximum absolute atomic E-state index is 6.26. The summed E-state index contributed by atoms with van der Waals surface area (Å²) in [5.41, 5.74) is 9.37. The van der Waals surface area contributed by atoms with E-state index in [1.165, 1.54) is 5.56 Å². The molecule has 0 atom stereocenters. The van der Waals surface area contributed by atoms with Crippen molar-refractivity contribution < 1.29 is 14.0 Å². The van der Waals surface area contributed by atoms with Crippen molar-refractivity contribution in [2.45, 2.75) is 19.8 Å². The molecule has 29 heavy (non-hydrogen) atoms. The maximum Gasteiger partial charge on any atom is 0.282 e. The Morgan fingerprint density at radius 3 is 2.62 bits per heavy atom. The summed E-state index contributed by atoms with van der Waals surface area (Å²) in [4.78, 5) is 4.41. The van der Waals surface area contributed by atoms with Gasteiger partial charge in [0.25, 0.3) is 5.89 Å². The van der Waals surface area contributed by atoms with E-state index in [0.717, 1.165) is 11.3 Å². The van der Waals surface area contributed by atoms with Crippen LogP contribution in [0.15, 0.2) is 47.0 Å². The van der Waals surface area contributed by atoms with Gasteiger partial charge in [-0.2, -0.15) is 9.67 Å². The first-order chi connectivity index (χ1) is 14.1. The van der Waals surface area contributed by atoms with E-state index in [4.69, 9.17) is 19.7 Å². The van der Waals surface area contributed by atoms with Gasteiger partial charge in [-0.1, -0.05) is 36.4 Å². The first kappa shape index (κ1) is 17.2. The predicted octanol–water partition coefficient (Wildman–Crippen LogP) is 3.42. The fourth-order valence-electron chi connectivity index (χ4n) is 3.11. The minimum atomic E-state index is 0.195. The van der Waals surface area contributed by atoms with Crippen LogP contribution < -0.4 is 15.2 Å². The van der Waals surface area contributed by atoms with Gasteiger partial charge in [0, 0.05) is 5.56 Å². The second-order valence-electron chi connectivity index (χ2n) is 6.97. The zero-order chi connectivity index (χ0) is 20.0. The molecule has 9 nitrogen and oxygen atoms in total. The number of aromatic nitrogens is 5. The number of nitrogen functional groups attached to an aromatic ring is 1. The minimum Gasteiger partial charge on any atom is -0.454 e. The minimum absolute atomic E-state index is 0.195. The molecule has 1 aliphatic rings. The Morgan fingerprint density at radius 2 is 1.83 bits per heavy atom. The van der Waals surface area contributed by atoms with Gasteiger partial charge in [-0.25, -0.2) is 0 Å². The Hall–Kier alpha value is -3.88. The first-order valence-electron chi connectivity index (χ1n) is 9.16. The van der Waals surface area contributed by atoms with Crippen LogP contribution in [0.25, 0.3) is 28.7 Å². The van der Waals surface area contributed by atoms with E-state index in [0.29, 0.717) is 34.8 Å². The van der Waals surface area contributed by atoms with Crippen LogP contribution >= 0.6 is 0 Å². The summed E-state index contributed by atoms with van der Waals surface area (Å²) in [6, 6.07) is 13.4. The van der Waals surface area contributed by atoms with Gasteiger partial charge < -0.3 is 19.7 Å². The standard InChI is InChI=1S/C20H18N6O3/c1-11(2)12-3-6-14(7-4-12)26-18(21)17(23-25-26)20-22-19(24-29-20)13-5-8-15-16(9-13)28-10-27-15/h3-9,11H,10,21H2,1-2H3. The van der Waals surface area contributed by atoms with Gasteiger partial charge in [-0.15, -0.1) is 5.10 Å². The molecule has 0 saturated heterocycles. The van der Waals surface area contributed by atoms with Crippen molar-refractivity contribution in [1.82, 2.24) is 25.1 Å². The molecule has 1 aliphatic heterocycles. The summed E-state index contributed by atoms with van der Waals surface area (Å²) in [5, 5.41) is 12.3. The molecule has 5 rings (SSSR count). The molecule has 0 amide bonds. The van der Waals surface area contributed by atoms with Crippen LogP contribution in [0.5, 0.6) is 11.5 Å². The highest BCUT2D eigenvalue weighted by Gasteiger charge is 2.21. The van der Waals surface area contributed by atoms with Gasteiger partial charge in [-0.3, -0.25) is 0 Å². The smallest absolute Gasteiger partial charge is 0.282 e. The first-order valence-corrected chi connectivity index (χ1v) is 9.16. The van der Waals surface area contributed by atoms with Crippen molar-refractivity contribution in [2.75, 3.05) is 12.5 Å². The molecule has 2 aromatic heterocycles. The van der Waals surface area contributed by atoms with Crippen molar-refractivity contribution in [3.63, 3.8) is 0 Å². The molecule has 0 bridgehead atoms. The highest BCUT2D eigenvalue weighted by atomic mass is 16.7. The summed E-state index contributed by atoms with van der Waals surface area (Å²) >= 11 is 0. The predicted molar refractivity (Wildman–Crippen MR) is 105 cm³/mol. The molecule has 2 N–H and O–H groups in total. The molecule has 0 spiro atoms. The van der Waals surface area contributed by atoms with E-state index < -0.39 is 0 Å². The Bertz CT molecular complexity index is 1180. The number of fused-ring (bicyclic) bond motifs is 1. The third kappa shape index (κ3) is 2.96. The van der Waals surface area contributed by atoms with Crippen LogP contribution in [0.4, 0.5) is 5.82 Å². The molecule has 146 valence electrons. The lowest BCUT2D eigenvalue weighted by Crippen LogP contribution is -2.02. The Balaban J connectivity index is 1.45. The quantitative estimate of drug-likeness (QED) is 0.564. The normalized spacial score (nSPS) is 12.7. The van der Waals surface area contributed by atoms with Crippen molar-refractivity contribution in [1.29, 1.82) is 0 Å². The number of hydrogen-bond acceptors (Lipinski definition) is 8. The Morgan fingerprint density at radius 1 is 1.03 bits per heavy atom. The number of rotatable bonds is 4. The highest BCUT2D eigenvalue weighted by molar-refractivity contribution is 5.67. The fraction of sp³-hybridized carbons (Fsp3) is 0.200. The highest BCUT2D eigenvalue weighted by Crippen LogP contribution is 2.35. The molecule has 9 heteroatoms. The molecule has 4 aromatic rings. The van der Waals surface area contributed by atoms with Crippen LogP contribution in [-0.2, 0) is 0 Å². The van der Waals surface area contributed by atoms with Crippen LogP contribution in [-0.4, -0.2) is 31.9 Å². The third-order valence-electron chi connectivity index (χ3n) is 4.77. The van der Waals surface area contributed by atoms with Gasteiger partial charge in [0.1, 0.15) is 0 Å². The van der Waals surface area contributed by atoms with Crippen molar-refractivity contribution >= 4 is 5.82 Å². The van der Waals surface area contributed by atoms with Crippen molar-refractivity contribution in [3.8, 4) is 40.2 Å². The zero-order valence-electron chi connectivity index (χ0n) is 15.9. The summed E-state index contributed by atoms with van der Waals surface area (Å²) in [6.45, 7) is 4.49. The molecule has 0 fully saturated rings. The molecular formula is C20H18N6O3. The van der Waals surface area contributed by atoms with E-state index in [2.05, 4.69) is 34.3 Å². The molecule has 0 saturated carbocycles. The third-order valence-corrected chi connectivity index (χ3v) is 4.77. The lowest BCUT2D eigenvalue weighted by Gasteiger charge is -2.07. The summed E-state index contributed by atoms with van der Waals surface area (Å²) in [5.74, 6) is 2.69. The number of hydrogen-bond donors (Lipinski definition) is 1. The van der Waals surface area contributed by atoms with Gasteiger partial charge in [-0.05, 0) is 41.8 Å². The van der Waals surface area contributed by atoms with Crippen molar-refractivity contribution in [3.05, 3.63) is 48.0 Å². The van der Waals surface area contributed by atoms with Crippen LogP contribution in [0.1, 0.15) is 25.3 Å². The average molecular weight is 390 g/mol. The number of nitrogens with zero attached hydrogens (tertiary/aromatic N) is 5. The fourth-order valence-corrected chi connectivity index (χ4v) is 3.11.